The fraction of sp³-hybridized carbons (Fsp3) is 0.0909. The lowest BCUT2D eigenvalue weighted by molar-refractivity contribution is 0.0777. The highest BCUT2D eigenvalue weighted by atomic mass is 32.2. The first kappa shape index (κ1) is 9.98. The summed E-state index contributed by atoms with van der Waals surface area (Å²) in [6, 6.07) is 6.85. The minimum Gasteiger partial charge on any atom is -0.268 e. The number of fused-ring (bicyclic) bond motifs is 1. The molecular formula is C11H9NO2S. The van der Waals surface area contributed by atoms with Crippen molar-refractivity contribution >= 4 is 23.8 Å². The van der Waals surface area contributed by atoms with Crippen molar-refractivity contribution in [2.24, 2.45) is 0 Å². The van der Waals surface area contributed by atoms with Crippen LogP contribution in [-0.4, -0.2) is 21.9 Å². The Hall–Kier alpha value is -1.55. The van der Waals surface area contributed by atoms with E-state index in [1.807, 2.05) is 0 Å². The van der Waals surface area contributed by atoms with Gasteiger partial charge in [0.1, 0.15) is 0 Å². The van der Waals surface area contributed by atoms with Crippen LogP contribution in [-0.2, 0) is 0 Å². The largest absolute Gasteiger partial charge is 0.271 e. The maximum Gasteiger partial charge on any atom is 0.271 e. The molecule has 0 aromatic heterocycles. The van der Waals surface area contributed by atoms with Crippen molar-refractivity contribution in [3.05, 3.63) is 48.0 Å². The molecule has 0 fully saturated rings. The molecule has 1 aromatic rings. The molecule has 0 aliphatic carbocycles. The van der Waals surface area contributed by atoms with Crippen LogP contribution in [0.5, 0.6) is 0 Å². The van der Waals surface area contributed by atoms with Crippen LogP contribution in [0.3, 0.4) is 0 Å². The first-order valence-corrected chi connectivity index (χ1v) is 5.41. The molecule has 0 saturated carbocycles. The van der Waals surface area contributed by atoms with Gasteiger partial charge in [0, 0.05) is 5.75 Å². The summed E-state index contributed by atoms with van der Waals surface area (Å²) in [6.45, 7) is 3.55. The van der Waals surface area contributed by atoms with Crippen LogP contribution in [0.4, 0.5) is 0 Å². The summed E-state index contributed by atoms with van der Waals surface area (Å²) in [5.41, 5.74) is 0.970. The van der Waals surface area contributed by atoms with E-state index in [2.05, 4.69) is 6.58 Å². The van der Waals surface area contributed by atoms with Crippen LogP contribution in [0.1, 0.15) is 20.7 Å². The van der Waals surface area contributed by atoms with Gasteiger partial charge in [0.2, 0.25) is 0 Å². The Kier molecular flexibility index (Phi) is 2.60. The monoisotopic (exact) mass is 219 g/mol. The SMILES string of the molecule is C=CCSN1C(=O)c2ccccc2C1=O. The topological polar surface area (TPSA) is 37.4 Å². The van der Waals surface area contributed by atoms with E-state index in [4.69, 9.17) is 0 Å². The zero-order valence-corrected chi connectivity index (χ0v) is 8.79. The number of carbonyl (C=O) groups is 2. The zero-order valence-electron chi connectivity index (χ0n) is 7.97. The molecule has 0 N–H and O–H groups in total. The Balaban J connectivity index is 2.32. The molecule has 4 heteroatoms. The van der Waals surface area contributed by atoms with E-state index in [1.54, 1.807) is 30.3 Å². The molecule has 3 nitrogen and oxygen atoms in total. The fourth-order valence-corrected chi connectivity index (χ4v) is 2.10. The van der Waals surface area contributed by atoms with E-state index in [0.29, 0.717) is 16.9 Å². The molecule has 0 atom stereocenters. The maximum atomic E-state index is 11.8. The quantitative estimate of drug-likeness (QED) is 0.444. The Morgan fingerprint density at radius 3 is 2.20 bits per heavy atom. The highest BCUT2D eigenvalue weighted by Crippen LogP contribution is 2.27. The summed E-state index contributed by atoms with van der Waals surface area (Å²) in [4.78, 5) is 23.5. The number of nitrogens with zero attached hydrogens (tertiary/aromatic N) is 1. The van der Waals surface area contributed by atoms with E-state index in [0.717, 1.165) is 0 Å². The third kappa shape index (κ3) is 1.57. The Labute approximate surface area is 91.9 Å². The van der Waals surface area contributed by atoms with Gasteiger partial charge in [0.15, 0.2) is 0 Å². The molecule has 1 aromatic carbocycles. The molecule has 76 valence electrons. The fourth-order valence-electron chi connectivity index (χ4n) is 1.41. The molecule has 0 spiro atoms. The summed E-state index contributed by atoms with van der Waals surface area (Å²) < 4.78 is 1.19. The van der Waals surface area contributed by atoms with E-state index in [-0.39, 0.29) is 11.8 Å². The molecular weight excluding hydrogens is 210 g/mol. The van der Waals surface area contributed by atoms with Crippen molar-refractivity contribution in [1.82, 2.24) is 4.31 Å². The Bertz CT molecular complexity index is 407. The first-order valence-electron chi connectivity index (χ1n) is 4.47. The van der Waals surface area contributed by atoms with Gasteiger partial charge >= 0.3 is 0 Å². The molecule has 2 amide bonds. The highest BCUT2D eigenvalue weighted by molar-refractivity contribution is 7.98. The molecule has 1 heterocycles. The van der Waals surface area contributed by atoms with Gasteiger partial charge in [-0.2, -0.15) is 0 Å². The number of hydrogen-bond acceptors (Lipinski definition) is 3. The number of hydrogen-bond donors (Lipinski definition) is 0. The van der Waals surface area contributed by atoms with E-state index < -0.39 is 0 Å². The molecule has 0 bridgehead atoms. The Morgan fingerprint density at radius 1 is 1.20 bits per heavy atom. The summed E-state index contributed by atoms with van der Waals surface area (Å²) in [7, 11) is 0. The van der Waals surface area contributed by atoms with Gasteiger partial charge in [-0.3, -0.25) is 9.59 Å². The highest BCUT2D eigenvalue weighted by Gasteiger charge is 2.35. The van der Waals surface area contributed by atoms with Crippen molar-refractivity contribution < 1.29 is 9.59 Å². The van der Waals surface area contributed by atoms with Crippen LogP contribution in [0.15, 0.2) is 36.9 Å². The second-order valence-corrected chi connectivity index (χ2v) is 3.99. The molecule has 0 unspecified atom stereocenters. The smallest absolute Gasteiger partial charge is 0.268 e. The lowest BCUT2D eigenvalue weighted by Crippen LogP contribution is -2.22. The molecule has 0 saturated heterocycles. The van der Waals surface area contributed by atoms with Gasteiger partial charge in [-0.05, 0) is 24.1 Å². The third-order valence-corrected chi connectivity index (χ3v) is 3.05. The predicted molar refractivity (Wildman–Crippen MR) is 59.6 cm³/mol. The van der Waals surface area contributed by atoms with Crippen molar-refractivity contribution in [3.63, 3.8) is 0 Å². The number of carbonyl (C=O) groups excluding carboxylic acids is 2. The predicted octanol–water partition coefficient (Wildman–Crippen LogP) is 2.12. The van der Waals surface area contributed by atoms with Gasteiger partial charge in [-0.15, -0.1) is 6.58 Å². The molecule has 1 aliphatic heterocycles. The van der Waals surface area contributed by atoms with Crippen LogP contribution >= 0.6 is 11.9 Å². The Morgan fingerprint density at radius 2 is 1.73 bits per heavy atom. The lowest BCUT2D eigenvalue weighted by atomic mass is 10.1. The number of amides is 2. The number of rotatable bonds is 3. The minimum atomic E-state index is -0.234. The maximum absolute atomic E-state index is 11.8. The number of imide groups is 1. The molecule has 15 heavy (non-hydrogen) atoms. The van der Waals surface area contributed by atoms with Gasteiger partial charge < -0.3 is 0 Å². The normalized spacial score (nSPS) is 14.3. The van der Waals surface area contributed by atoms with Gasteiger partial charge in [-0.25, -0.2) is 4.31 Å². The summed E-state index contributed by atoms with van der Waals surface area (Å²) in [5, 5.41) is 0. The van der Waals surface area contributed by atoms with E-state index >= 15 is 0 Å². The van der Waals surface area contributed by atoms with Gasteiger partial charge in [0.25, 0.3) is 11.8 Å². The molecule has 0 radical (unpaired) electrons. The zero-order chi connectivity index (χ0) is 10.8. The van der Waals surface area contributed by atoms with E-state index in [1.165, 1.54) is 16.3 Å². The lowest BCUT2D eigenvalue weighted by Gasteiger charge is -2.09. The molecule has 2 rings (SSSR count). The van der Waals surface area contributed by atoms with Gasteiger partial charge in [0.05, 0.1) is 11.1 Å². The van der Waals surface area contributed by atoms with E-state index in [9.17, 15) is 9.59 Å². The second-order valence-electron chi connectivity index (χ2n) is 3.03. The van der Waals surface area contributed by atoms with Crippen LogP contribution in [0.2, 0.25) is 0 Å². The summed E-state index contributed by atoms with van der Waals surface area (Å²) >= 11 is 1.17. The third-order valence-electron chi connectivity index (χ3n) is 2.08. The van der Waals surface area contributed by atoms with Crippen molar-refractivity contribution in [2.75, 3.05) is 5.75 Å². The van der Waals surface area contributed by atoms with Crippen molar-refractivity contribution in [3.8, 4) is 0 Å². The van der Waals surface area contributed by atoms with Crippen LogP contribution < -0.4 is 0 Å². The summed E-state index contributed by atoms with van der Waals surface area (Å²) in [6.07, 6.45) is 1.66. The average molecular weight is 219 g/mol. The first-order chi connectivity index (χ1) is 7.25. The molecule has 1 aliphatic rings. The summed E-state index contributed by atoms with van der Waals surface area (Å²) in [5.74, 6) is 0.0794. The minimum absolute atomic E-state index is 0.234. The standard InChI is InChI=1S/C11H9NO2S/c1-2-7-15-12-10(13)8-5-3-4-6-9(8)11(12)14/h2-6H,1,7H2. The van der Waals surface area contributed by atoms with Crippen LogP contribution in [0.25, 0.3) is 0 Å². The average Bonchev–Trinajstić information content (AvgIpc) is 2.51. The van der Waals surface area contributed by atoms with Crippen molar-refractivity contribution in [1.29, 1.82) is 0 Å². The number of benzene rings is 1. The van der Waals surface area contributed by atoms with Crippen molar-refractivity contribution in [2.45, 2.75) is 0 Å². The van der Waals surface area contributed by atoms with Gasteiger partial charge in [-0.1, -0.05) is 18.2 Å². The van der Waals surface area contributed by atoms with Crippen LogP contribution in [0, 0.1) is 0 Å². The second kappa shape index (κ2) is 3.90.